The van der Waals surface area contributed by atoms with Crippen molar-refractivity contribution in [1.82, 2.24) is 5.32 Å². The van der Waals surface area contributed by atoms with Crippen molar-refractivity contribution < 1.29 is 0 Å². The molecule has 0 heterocycles. The maximum Gasteiger partial charge on any atom is 0.0351 e. The second kappa shape index (κ2) is 4.94. The van der Waals surface area contributed by atoms with Gasteiger partial charge >= 0.3 is 0 Å². The minimum Gasteiger partial charge on any atom is -0.307 e. The van der Waals surface area contributed by atoms with Crippen LogP contribution in [0, 0.1) is 18.3 Å². The summed E-state index contributed by atoms with van der Waals surface area (Å²) in [4.78, 5) is 0. The standard InChI is InChI=1S/C18H27N/c1-13-4-6-14(7-5-13)17(15-8-9-15)19-16-10-11-18(2,3)12-16/h4-7,15-17,19H,8-12H2,1-3H3. The van der Waals surface area contributed by atoms with Crippen LogP contribution in [-0.4, -0.2) is 6.04 Å². The van der Waals surface area contributed by atoms with Gasteiger partial charge in [-0.25, -0.2) is 0 Å². The van der Waals surface area contributed by atoms with E-state index in [1.807, 2.05) is 0 Å². The second-order valence-corrected chi connectivity index (χ2v) is 7.50. The Morgan fingerprint density at radius 1 is 1.11 bits per heavy atom. The molecule has 0 bridgehead atoms. The summed E-state index contributed by atoms with van der Waals surface area (Å²) in [6.07, 6.45) is 6.86. The minimum atomic E-state index is 0.541. The summed E-state index contributed by atoms with van der Waals surface area (Å²) in [5.41, 5.74) is 3.40. The van der Waals surface area contributed by atoms with Gasteiger partial charge in [0.15, 0.2) is 0 Å². The molecule has 2 saturated carbocycles. The number of benzene rings is 1. The maximum absolute atomic E-state index is 3.97. The normalized spacial score (nSPS) is 27.4. The Labute approximate surface area is 117 Å². The van der Waals surface area contributed by atoms with Gasteiger partial charge in [0.1, 0.15) is 0 Å². The first-order valence-corrected chi connectivity index (χ1v) is 7.86. The molecule has 1 nitrogen and oxygen atoms in total. The summed E-state index contributed by atoms with van der Waals surface area (Å²) < 4.78 is 0. The first kappa shape index (κ1) is 13.2. The number of hydrogen-bond donors (Lipinski definition) is 1. The van der Waals surface area contributed by atoms with Crippen molar-refractivity contribution in [2.24, 2.45) is 11.3 Å². The summed E-state index contributed by atoms with van der Waals surface area (Å²) in [7, 11) is 0. The lowest BCUT2D eigenvalue weighted by atomic mass is 9.91. The fraction of sp³-hybridized carbons (Fsp3) is 0.667. The number of nitrogens with one attached hydrogen (secondary N) is 1. The first-order chi connectivity index (χ1) is 9.03. The lowest BCUT2D eigenvalue weighted by Crippen LogP contribution is -2.32. The Bertz CT molecular complexity index is 428. The third-order valence-electron chi connectivity index (χ3n) is 4.91. The molecule has 2 unspecified atom stereocenters. The Hall–Kier alpha value is -0.820. The Morgan fingerprint density at radius 2 is 1.79 bits per heavy atom. The fourth-order valence-corrected chi connectivity index (χ4v) is 3.54. The van der Waals surface area contributed by atoms with Crippen LogP contribution >= 0.6 is 0 Å². The molecule has 1 N–H and O–H groups in total. The third-order valence-corrected chi connectivity index (χ3v) is 4.91. The van der Waals surface area contributed by atoms with Crippen molar-refractivity contribution in [3.05, 3.63) is 35.4 Å². The molecule has 1 heteroatoms. The quantitative estimate of drug-likeness (QED) is 0.830. The van der Waals surface area contributed by atoms with Crippen LogP contribution in [0.5, 0.6) is 0 Å². The predicted octanol–water partition coefficient (Wildman–Crippen LogP) is 4.61. The Morgan fingerprint density at radius 3 is 2.32 bits per heavy atom. The summed E-state index contributed by atoms with van der Waals surface area (Å²) in [6.45, 7) is 6.99. The average Bonchev–Trinajstić information content (AvgIpc) is 3.13. The third kappa shape index (κ3) is 3.20. The zero-order valence-electron chi connectivity index (χ0n) is 12.6. The van der Waals surface area contributed by atoms with E-state index in [1.165, 1.54) is 43.2 Å². The van der Waals surface area contributed by atoms with Crippen LogP contribution in [0.25, 0.3) is 0 Å². The summed E-state index contributed by atoms with van der Waals surface area (Å²) in [5, 5.41) is 3.97. The molecule has 0 amide bonds. The lowest BCUT2D eigenvalue weighted by Gasteiger charge is -2.25. The summed E-state index contributed by atoms with van der Waals surface area (Å²) in [6, 6.07) is 10.5. The molecule has 3 rings (SSSR count). The molecule has 104 valence electrons. The molecule has 1 aromatic carbocycles. The van der Waals surface area contributed by atoms with Crippen molar-refractivity contribution in [2.75, 3.05) is 0 Å². The van der Waals surface area contributed by atoms with Gasteiger partial charge in [-0.1, -0.05) is 43.7 Å². The van der Waals surface area contributed by atoms with Crippen LogP contribution in [0.1, 0.15) is 63.1 Å². The molecule has 2 atom stereocenters. The molecule has 0 radical (unpaired) electrons. The van der Waals surface area contributed by atoms with Gasteiger partial charge in [-0.15, -0.1) is 0 Å². The van der Waals surface area contributed by atoms with Crippen molar-refractivity contribution >= 4 is 0 Å². The van der Waals surface area contributed by atoms with E-state index in [2.05, 4.69) is 50.4 Å². The van der Waals surface area contributed by atoms with Gasteiger partial charge in [0.25, 0.3) is 0 Å². The van der Waals surface area contributed by atoms with Crippen molar-refractivity contribution in [2.45, 2.75) is 65.0 Å². The highest BCUT2D eigenvalue weighted by atomic mass is 15.0. The molecule has 2 aliphatic carbocycles. The van der Waals surface area contributed by atoms with E-state index in [0.717, 1.165) is 12.0 Å². The summed E-state index contributed by atoms with van der Waals surface area (Å²) >= 11 is 0. The van der Waals surface area contributed by atoms with E-state index < -0.39 is 0 Å². The zero-order valence-corrected chi connectivity index (χ0v) is 12.6. The second-order valence-electron chi connectivity index (χ2n) is 7.50. The van der Waals surface area contributed by atoms with E-state index in [-0.39, 0.29) is 0 Å². The van der Waals surface area contributed by atoms with Gasteiger partial charge < -0.3 is 5.32 Å². The van der Waals surface area contributed by atoms with Crippen molar-refractivity contribution in [3.8, 4) is 0 Å². The first-order valence-electron chi connectivity index (χ1n) is 7.86. The van der Waals surface area contributed by atoms with Gasteiger partial charge in [0.2, 0.25) is 0 Å². The van der Waals surface area contributed by atoms with Gasteiger partial charge in [0, 0.05) is 12.1 Å². The Kier molecular flexibility index (Phi) is 3.42. The van der Waals surface area contributed by atoms with E-state index in [4.69, 9.17) is 0 Å². The van der Waals surface area contributed by atoms with Crippen molar-refractivity contribution in [3.63, 3.8) is 0 Å². The van der Waals surface area contributed by atoms with Crippen LogP contribution in [0.2, 0.25) is 0 Å². The molecule has 0 spiro atoms. The Balaban J connectivity index is 1.70. The molecular weight excluding hydrogens is 230 g/mol. The number of rotatable bonds is 4. The monoisotopic (exact) mass is 257 g/mol. The zero-order chi connectivity index (χ0) is 13.5. The average molecular weight is 257 g/mol. The van der Waals surface area contributed by atoms with Gasteiger partial charge in [-0.05, 0) is 55.9 Å². The molecule has 0 aliphatic heterocycles. The number of hydrogen-bond acceptors (Lipinski definition) is 1. The van der Waals surface area contributed by atoms with E-state index >= 15 is 0 Å². The molecule has 0 aromatic heterocycles. The van der Waals surface area contributed by atoms with E-state index in [1.54, 1.807) is 0 Å². The van der Waals surface area contributed by atoms with Crippen molar-refractivity contribution in [1.29, 1.82) is 0 Å². The summed E-state index contributed by atoms with van der Waals surface area (Å²) in [5.74, 6) is 0.881. The van der Waals surface area contributed by atoms with Crippen LogP contribution in [0.15, 0.2) is 24.3 Å². The molecule has 2 fully saturated rings. The molecule has 0 saturated heterocycles. The van der Waals surface area contributed by atoms with Crippen LogP contribution in [0.4, 0.5) is 0 Å². The smallest absolute Gasteiger partial charge is 0.0351 e. The predicted molar refractivity (Wildman–Crippen MR) is 81.2 cm³/mol. The van der Waals surface area contributed by atoms with E-state index in [9.17, 15) is 0 Å². The highest BCUT2D eigenvalue weighted by molar-refractivity contribution is 5.25. The van der Waals surface area contributed by atoms with Crippen LogP contribution in [0.3, 0.4) is 0 Å². The minimum absolute atomic E-state index is 0.541. The largest absolute Gasteiger partial charge is 0.307 e. The highest BCUT2D eigenvalue weighted by Gasteiger charge is 2.37. The molecule has 2 aliphatic rings. The van der Waals surface area contributed by atoms with Gasteiger partial charge in [-0.2, -0.15) is 0 Å². The topological polar surface area (TPSA) is 12.0 Å². The van der Waals surface area contributed by atoms with Crippen LogP contribution in [-0.2, 0) is 0 Å². The molecular formula is C18H27N. The fourth-order valence-electron chi connectivity index (χ4n) is 3.54. The molecule has 1 aromatic rings. The van der Waals surface area contributed by atoms with Crippen LogP contribution < -0.4 is 5.32 Å². The highest BCUT2D eigenvalue weighted by Crippen LogP contribution is 2.44. The van der Waals surface area contributed by atoms with Gasteiger partial charge in [0.05, 0.1) is 0 Å². The van der Waals surface area contributed by atoms with Gasteiger partial charge in [-0.3, -0.25) is 0 Å². The molecule has 19 heavy (non-hydrogen) atoms. The maximum atomic E-state index is 3.97. The number of aryl methyl sites for hydroxylation is 1. The SMILES string of the molecule is Cc1ccc(C(NC2CCC(C)(C)C2)C2CC2)cc1. The van der Waals surface area contributed by atoms with E-state index in [0.29, 0.717) is 11.5 Å². The lowest BCUT2D eigenvalue weighted by molar-refractivity contribution is 0.344.